The Balaban J connectivity index is 1.87. The van der Waals surface area contributed by atoms with E-state index in [-0.39, 0.29) is 17.1 Å². The summed E-state index contributed by atoms with van der Waals surface area (Å²) < 4.78 is 2.05. The fraction of sp³-hybridized carbons (Fsp3) is 0.700. The predicted octanol–water partition coefficient (Wildman–Crippen LogP) is 0.131. The van der Waals surface area contributed by atoms with Crippen LogP contribution in [0.3, 0.4) is 0 Å². The molecule has 0 aliphatic heterocycles. The monoisotopic (exact) mass is 189 g/mol. The van der Waals surface area contributed by atoms with E-state index in [0.29, 0.717) is 0 Å². The topological polar surface area (TPSA) is 38.0 Å². The Kier molecular flexibility index (Phi) is 1.37. The molecule has 1 radical (unpaired) electrons. The van der Waals surface area contributed by atoms with Gasteiger partial charge in [0.15, 0.2) is 7.28 Å². The highest BCUT2D eigenvalue weighted by Crippen LogP contribution is 2.84. The molecule has 0 amide bonds. The first-order valence-corrected chi connectivity index (χ1v) is 5.17. The van der Waals surface area contributed by atoms with Gasteiger partial charge in [-0.2, -0.15) is 5.10 Å². The third kappa shape index (κ3) is 0.765. The maximum absolute atomic E-state index is 9.63. The minimum atomic E-state index is -0.194. The molecule has 2 fully saturated rings. The van der Waals surface area contributed by atoms with E-state index in [9.17, 15) is 5.11 Å². The molecule has 4 heteroatoms. The van der Waals surface area contributed by atoms with E-state index >= 15 is 0 Å². The fourth-order valence-corrected chi connectivity index (χ4v) is 2.70. The number of rotatable bonds is 3. The normalized spacial score (nSPS) is 40.2. The SMILES string of the molecule is C[B]c1cnn(C23CC2(C(C)O)C3)c1. The molecule has 2 aliphatic rings. The molecule has 1 atom stereocenters. The highest BCUT2D eigenvalue weighted by atomic mass is 16.3. The Morgan fingerprint density at radius 3 is 2.79 bits per heavy atom. The first-order chi connectivity index (χ1) is 6.64. The highest BCUT2D eigenvalue weighted by Gasteiger charge is 2.87. The van der Waals surface area contributed by atoms with E-state index in [2.05, 4.69) is 23.3 Å². The molecule has 0 spiro atoms. The van der Waals surface area contributed by atoms with Gasteiger partial charge in [-0.05, 0) is 19.8 Å². The van der Waals surface area contributed by atoms with E-state index in [1.165, 1.54) is 0 Å². The summed E-state index contributed by atoms with van der Waals surface area (Å²) in [4.78, 5) is 0. The van der Waals surface area contributed by atoms with E-state index in [1.807, 2.05) is 19.9 Å². The Hall–Kier alpha value is -0.765. The number of hydrogen-bond acceptors (Lipinski definition) is 2. The average Bonchev–Trinajstić information content (AvgIpc) is 2.88. The largest absolute Gasteiger partial charge is 0.393 e. The summed E-state index contributed by atoms with van der Waals surface area (Å²) in [6.07, 6.45) is 5.97. The van der Waals surface area contributed by atoms with Crippen LogP contribution in [0.2, 0.25) is 6.82 Å². The third-order valence-corrected chi connectivity index (χ3v) is 4.07. The molecule has 0 bridgehead atoms. The van der Waals surface area contributed by atoms with Crippen molar-refractivity contribution in [3.8, 4) is 0 Å². The maximum atomic E-state index is 9.63. The second kappa shape index (κ2) is 2.24. The van der Waals surface area contributed by atoms with Crippen molar-refractivity contribution in [2.45, 2.75) is 38.2 Å². The summed E-state index contributed by atoms with van der Waals surface area (Å²) in [5, 5.41) is 14.0. The van der Waals surface area contributed by atoms with Crippen molar-refractivity contribution in [1.29, 1.82) is 0 Å². The Morgan fingerprint density at radius 2 is 2.36 bits per heavy atom. The first-order valence-electron chi connectivity index (χ1n) is 5.17. The smallest absolute Gasteiger partial charge is 0.152 e. The molecule has 3 nitrogen and oxygen atoms in total. The number of fused-ring (bicyclic) bond motifs is 1. The van der Waals surface area contributed by atoms with Crippen LogP contribution in [0.15, 0.2) is 12.4 Å². The molecular formula is C10H14BN2O. The molecule has 2 saturated carbocycles. The molecule has 0 aromatic carbocycles. The number of nitrogens with zero attached hydrogens (tertiary/aromatic N) is 2. The zero-order valence-electron chi connectivity index (χ0n) is 8.57. The van der Waals surface area contributed by atoms with Crippen molar-refractivity contribution in [2.24, 2.45) is 5.41 Å². The minimum absolute atomic E-state index is 0.171. The molecule has 3 rings (SSSR count). The fourth-order valence-electron chi connectivity index (χ4n) is 2.70. The highest BCUT2D eigenvalue weighted by molar-refractivity contribution is 6.51. The van der Waals surface area contributed by atoms with Crippen LogP contribution < -0.4 is 5.46 Å². The molecule has 2 aliphatic carbocycles. The molecule has 73 valence electrons. The summed E-state index contributed by atoms with van der Waals surface area (Å²) in [6, 6.07) is 0. The van der Waals surface area contributed by atoms with Gasteiger partial charge in [-0.15, -0.1) is 0 Å². The molecule has 1 aromatic heterocycles. The number of aromatic nitrogens is 2. The van der Waals surface area contributed by atoms with E-state index in [0.717, 1.165) is 18.3 Å². The van der Waals surface area contributed by atoms with Crippen molar-refractivity contribution in [1.82, 2.24) is 9.78 Å². The van der Waals surface area contributed by atoms with E-state index < -0.39 is 0 Å². The van der Waals surface area contributed by atoms with Gasteiger partial charge in [-0.1, -0.05) is 12.3 Å². The predicted molar refractivity (Wildman–Crippen MR) is 54.8 cm³/mol. The van der Waals surface area contributed by atoms with Crippen molar-refractivity contribution in [3.63, 3.8) is 0 Å². The van der Waals surface area contributed by atoms with Crippen LogP contribution in [-0.2, 0) is 5.54 Å². The van der Waals surface area contributed by atoms with Gasteiger partial charge >= 0.3 is 0 Å². The van der Waals surface area contributed by atoms with Crippen LogP contribution in [0.5, 0.6) is 0 Å². The van der Waals surface area contributed by atoms with Crippen molar-refractivity contribution < 1.29 is 5.11 Å². The number of aliphatic hydroxyl groups is 1. The lowest BCUT2D eigenvalue weighted by Crippen LogP contribution is -2.12. The van der Waals surface area contributed by atoms with Gasteiger partial charge in [-0.3, -0.25) is 4.68 Å². The van der Waals surface area contributed by atoms with Crippen LogP contribution in [0.25, 0.3) is 0 Å². The first kappa shape index (κ1) is 8.54. The lowest BCUT2D eigenvalue weighted by Gasteiger charge is -2.02. The Bertz CT molecular complexity index is 379. The maximum Gasteiger partial charge on any atom is 0.152 e. The minimum Gasteiger partial charge on any atom is -0.393 e. The number of hydrogen-bond donors (Lipinski definition) is 1. The van der Waals surface area contributed by atoms with Gasteiger partial charge in [0.1, 0.15) is 0 Å². The van der Waals surface area contributed by atoms with Gasteiger partial charge < -0.3 is 5.11 Å². The van der Waals surface area contributed by atoms with Crippen molar-refractivity contribution in [2.75, 3.05) is 0 Å². The van der Waals surface area contributed by atoms with Gasteiger partial charge in [0.2, 0.25) is 0 Å². The molecule has 1 heterocycles. The standard InChI is InChI=1S/C10H14BN2O/c1-7(14)9-5-10(9,6-9)13-4-8(11-2)3-12-13/h3-4,7,14H,5-6H2,1-2H3. The molecule has 1 unspecified atom stereocenters. The second-order valence-corrected chi connectivity index (χ2v) is 4.72. The summed E-state index contributed by atoms with van der Waals surface area (Å²) >= 11 is 0. The number of aliphatic hydroxyl groups excluding tert-OH is 1. The van der Waals surface area contributed by atoms with E-state index in [1.54, 1.807) is 0 Å². The van der Waals surface area contributed by atoms with Crippen molar-refractivity contribution >= 4 is 12.7 Å². The summed E-state index contributed by atoms with van der Waals surface area (Å²) in [5.41, 5.74) is 1.52. The third-order valence-electron chi connectivity index (χ3n) is 4.07. The lowest BCUT2D eigenvalue weighted by molar-refractivity contribution is 0.141. The molecule has 1 N–H and O–H groups in total. The van der Waals surface area contributed by atoms with Crippen LogP contribution in [0.1, 0.15) is 19.8 Å². The molecule has 14 heavy (non-hydrogen) atoms. The zero-order chi connectivity index (χ0) is 9.97. The average molecular weight is 189 g/mol. The summed E-state index contributed by atoms with van der Waals surface area (Å²) in [7, 11) is 2.05. The van der Waals surface area contributed by atoms with Crippen LogP contribution in [-0.4, -0.2) is 28.3 Å². The second-order valence-electron chi connectivity index (χ2n) is 4.72. The van der Waals surface area contributed by atoms with E-state index in [4.69, 9.17) is 0 Å². The van der Waals surface area contributed by atoms with Crippen molar-refractivity contribution in [3.05, 3.63) is 12.4 Å². The van der Waals surface area contributed by atoms with Crippen LogP contribution in [0.4, 0.5) is 0 Å². The van der Waals surface area contributed by atoms with Gasteiger partial charge in [0.25, 0.3) is 0 Å². The van der Waals surface area contributed by atoms with Crippen LogP contribution >= 0.6 is 0 Å². The molecular weight excluding hydrogens is 175 g/mol. The van der Waals surface area contributed by atoms with Gasteiger partial charge in [0, 0.05) is 17.8 Å². The Morgan fingerprint density at radius 1 is 1.64 bits per heavy atom. The molecule has 0 saturated heterocycles. The zero-order valence-corrected chi connectivity index (χ0v) is 8.57. The summed E-state index contributed by atoms with van der Waals surface area (Å²) in [6.45, 7) is 3.91. The molecule has 1 aromatic rings. The van der Waals surface area contributed by atoms with Crippen LogP contribution in [0, 0.1) is 5.41 Å². The van der Waals surface area contributed by atoms with Gasteiger partial charge in [-0.25, -0.2) is 0 Å². The lowest BCUT2D eigenvalue weighted by atomic mass is 9.75. The summed E-state index contributed by atoms with van der Waals surface area (Å²) in [5.74, 6) is 0. The van der Waals surface area contributed by atoms with Gasteiger partial charge in [0.05, 0.1) is 11.6 Å². The quantitative estimate of drug-likeness (QED) is 0.686. The Labute approximate surface area is 84.4 Å².